The maximum Gasteiger partial charge on any atom is 0.325 e. The fraction of sp³-hybridized carbons (Fsp3) is 0.364. The van der Waals surface area contributed by atoms with Crippen LogP contribution in [-0.2, 0) is 11.2 Å². The maximum atomic E-state index is 12.8. The summed E-state index contributed by atoms with van der Waals surface area (Å²) < 4.78 is 15.9. The summed E-state index contributed by atoms with van der Waals surface area (Å²) in [6, 6.07) is 14.5. The minimum atomic E-state index is -0.920. The van der Waals surface area contributed by atoms with Crippen LogP contribution < -0.4 is 19.5 Å². The summed E-state index contributed by atoms with van der Waals surface area (Å²) in [4.78, 5) is 26.4. The number of ether oxygens (including phenoxy) is 3. The number of nitrogens with zero attached hydrogens (tertiary/aromatic N) is 1. The third kappa shape index (κ3) is 4.80. The van der Waals surface area contributed by atoms with Gasteiger partial charge in [0.05, 0.1) is 20.8 Å². The van der Waals surface area contributed by atoms with Gasteiger partial charge in [-0.1, -0.05) is 12.1 Å². The number of amides is 3. The van der Waals surface area contributed by atoms with Crippen molar-refractivity contribution in [1.82, 2.24) is 10.2 Å². The number of aryl methyl sites for hydroxylation is 1. The van der Waals surface area contributed by atoms with Crippen molar-refractivity contribution in [1.29, 1.82) is 0 Å². The standard InChI is InChI=1S/C22H26N2O5/c1-22(13-12-16-4-6-17(27-2)7-5-16)20(25)24(21(26)23-22)14-15-29-19-10-8-18(28-3)9-11-19/h4-11H,12-15H2,1-3H3,(H,23,26)/t22-/m1/s1. The first-order valence-electron chi connectivity index (χ1n) is 9.49. The van der Waals surface area contributed by atoms with Gasteiger partial charge in [0.25, 0.3) is 5.91 Å². The lowest BCUT2D eigenvalue weighted by Gasteiger charge is -2.21. The second kappa shape index (κ2) is 8.86. The summed E-state index contributed by atoms with van der Waals surface area (Å²) in [5, 5.41) is 2.83. The van der Waals surface area contributed by atoms with Crippen molar-refractivity contribution in [2.24, 2.45) is 0 Å². The van der Waals surface area contributed by atoms with Gasteiger partial charge >= 0.3 is 6.03 Å². The molecular formula is C22H26N2O5. The Bertz CT molecular complexity index is 851. The second-order valence-electron chi connectivity index (χ2n) is 7.09. The van der Waals surface area contributed by atoms with E-state index in [1.54, 1.807) is 45.4 Å². The van der Waals surface area contributed by atoms with E-state index < -0.39 is 5.54 Å². The zero-order valence-corrected chi connectivity index (χ0v) is 16.9. The largest absolute Gasteiger partial charge is 0.497 e. The molecule has 1 heterocycles. The van der Waals surface area contributed by atoms with Gasteiger partial charge in [-0.2, -0.15) is 0 Å². The third-order valence-corrected chi connectivity index (χ3v) is 5.06. The zero-order chi connectivity index (χ0) is 20.9. The van der Waals surface area contributed by atoms with Crippen LogP contribution in [0.1, 0.15) is 18.9 Å². The predicted molar refractivity (Wildman–Crippen MR) is 108 cm³/mol. The highest BCUT2D eigenvalue weighted by molar-refractivity contribution is 6.06. The van der Waals surface area contributed by atoms with Gasteiger partial charge in [0.1, 0.15) is 29.4 Å². The molecule has 154 valence electrons. The Labute approximate surface area is 170 Å². The number of carbonyl (C=O) groups excluding carboxylic acids is 2. The van der Waals surface area contributed by atoms with Gasteiger partial charge in [-0.05, 0) is 61.7 Å². The molecule has 0 saturated carbocycles. The highest BCUT2D eigenvalue weighted by atomic mass is 16.5. The van der Waals surface area contributed by atoms with Crippen LogP contribution in [0.4, 0.5) is 4.79 Å². The van der Waals surface area contributed by atoms with Crippen molar-refractivity contribution in [2.45, 2.75) is 25.3 Å². The van der Waals surface area contributed by atoms with E-state index in [0.717, 1.165) is 17.1 Å². The first-order valence-corrected chi connectivity index (χ1v) is 9.49. The minimum absolute atomic E-state index is 0.189. The summed E-state index contributed by atoms with van der Waals surface area (Å²) in [6.07, 6.45) is 1.18. The average molecular weight is 398 g/mol. The van der Waals surface area contributed by atoms with Gasteiger partial charge in [-0.15, -0.1) is 0 Å². The molecule has 3 rings (SSSR count). The van der Waals surface area contributed by atoms with Crippen molar-refractivity contribution in [2.75, 3.05) is 27.4 Å². The van der Waals surface area contributed by atoms with E-state index in [2.05, 4.69) is 5.32 Å². The monoisotopic (exact) mass is 398 g/mol. The van der Waals surface area contributed by atoms with Gasteiger partial charge in [0, 0.05) is 0 Å². The number of benzene rings is 2. The molecule has 0 spiro atoms. The molecule has 0 aliphatic carbocycles. The number of nitrogens with one attached hydrogen (secondary N) is 1. The molecule has 0 unspecified atom stereocenters. The van der Waals surface area contributed by atoms with E-state index >= 15 is 0 Å². The molecule has 1 aliphatic heterocycles. The lowest BCUT2D eigenvalue weighted by atomic mass is 9.93. The molecule has 0 radical (unpaired) electrons. The fourth-order valence-corrected chi connectivity index (χ4v) is 3.23. The van der Waals surface area contributed by atoms with Crippen molar-refractivity contribution < 1.29 is 23.8 Å². The van der Waals surface area contributed by atoms with Crippen LogP contribution in [0.5, 0.6) is 17.2 Å². The topological polar surface area (TPSA) is 77.1 Å². The highest BCUT2D eigenvalue weighted by Gasteiger charge is 2.47. The van der Waals surface area contributed by atoms with E-state index in [1.165, 1.54) is 4.90 Å². The summed E-state index contributed by atoms with van der Waals surface area (Å²) in [5.41, 5.74) is 0.160. The number of hydrogen-bond acceptors (Lipinski definition) is 5. The minimum Gasteiger partial charge on any atom is -0.497 e. The van der Waals surface area contributed by atoms with Gasteiger partial charge < -0.3 is 19.5 Å². The van der Waals surface area contributed by atoms with Crippen LogP contribution in [0.15, 0.2) is 48.5 Å². The Morgan fingerprint density at radius 1 is 0.897 bits per heavy atom. The van der Waals surface area contributed by atoms with Gasteiger partial charge in [0.2, 0.25) is 0 Å². The molecule has 2 aromatic rings. The number of methoxy groups -OCH3 is 2. The van der Waals surface area contributed by atoms with E-state index in [9.17, 15) is 9.59 Å². The van der Waals surface area contributed by atoms with Crippen LogP contribution in [0.25, 0.3) is 0 Å². The Morgan fingerprint density at radius 2 is 1.45 bits per heavy atom. The number of carbonyl (C=O) groups is 2. The molecule has 29 heavy (non-hydrogen) atoms. The van der Waals surface area contributed by atoms with Crippen molar-refractivity contribution >= 4 is 11.9 Å². The van der Waals surface area contributed by atoms with Gasteiger partial charge in [-0.25, -0.2) is 4.79 Å². The molecule has 1 fully saturated rings. The number of imide groups is 1. The second-order valence-corrected chi connectivity index (χ2v) is 7.09. The maximum absolute atomic E-state index is 12.8. The number of urea groups is 1. The predicted octanol–water partition coefficient (Wildman–Crippen LogP) is 3.03. The molecule has 7 heteroatoms. The molecule has 1 N–H and O–H groups in total. The van der Waals surface area contributed by atoms with Crippen molar-refractivity contribution in [3.05, 3.63) is 54.1 Å². The molecule has 1 aliphatic rings. The molecule has 0 aromatic heterocycles. The van der Waals surface area contributed by atoms with E-state index in [0.29, 0.717) is 18.6 Å². The number of hydrogen-bond donors (Lipinski definition) is 1. The van der Waals surface area contributed by atoms with E-state index in [4.69, 9.17) is 14.2 Å². The number of rotatable bonds is 9. The summed E-state index contributed by atoms with van der Waals surface area (Å²) in [5.74, 6) is 1.95. The SMILES string of the molecule is COc1ccc(CC[C@@]2(C)NC(=O)N(CCOc3ccc(OC)cc3)C2=O)cc1. The Morgan fingerprint density at radius 3 is 2.03 bits per heavy atom. The van der Waals surface area contributed by atoms with Crippen molar-refractivity contribution in [3.63, 3.8) is 0 Å². The normalized spacial score (nSPS) is 18.5. The molecule has 3 amide bonds. The summed E-state index contributed by atoms with van der Waals surface area (Å²) >= 11 is 0. The highest BCUT2D eigenvalue weighted by Crippen LogP contribution is 2.24. The molecule has 7 nitrogen and oxygen atoms in total. The smallest absolute Gasteiger partial charge is 0.325 e. The third-order valence-electron chi connectivity index (χ3n) is 5.06. The lowest BCUT2D eigenvalue weighted by Crippen LogP contribution is -2.44. The molecule has 0 bridgehead atoms. The van der Waals surface area contributed by atoms with Crippen LogP contribution in [-0.4, -0.2) is 49.7 Å². The Balaban J connectivity index is 1.53. The first-order chi connectivity index (χ1) is 13.9. The summed E-state index contributed by atoms with van der Waals surface area (Å²) in [7, 11) is 3.22. The quantitative estimate of drug-likeness (QED) is 0.657. The van der Waals surface area contributed by atoms with Crippen LogP contribution >= 0.6 is 0 Å². The summed E-state index contributed by atoms with van der Waals surface area (Å²) in [6.45, 7) is 2.18. The molecular weight excluding hydrogens is 372 g/mol. The van der Waals surface area contributed by atoms with Gasteiger partial charge in [0.15, 0.2) is 0 Å². The molecule has 2 aromatic carbocycles. The molecule has 1 saturated heterocycles. The van der Waals surface area contributed by atoms with Crippen molar-refractivity contribution in [3.8, 4) is 17.2 Å². The van der Waals surface area contributed by atoms with Crippen LogP contribution in [0, 0.1) is 0 Å². The van der Waals surface area contributed by atoms with E-state index in [-0.39, 0.29) is 25.1 Å². The molecule has 1 atom stereocenters. The zero-order valence-electron chi connectivity index (χ0n) is 16.9. The first kappa shape index (κ1) is 20.5. The Hall–Kier alpha value is -3.22. The lowest BCUT2D eigenvalue weighted by molar-refractivity contribution is -0.131. The fourth-order valence-electron chi connectivity index (χ4n) is 3.23. The average Bonchev–Trinajstić information content (AvgIpc) is 2.96. The van der Waals surface area contributed by atoms with Crippen LogP contribution in [0.2, 0.25) is 0 Å². The van der Waals surface area contributed by atoms with Crippen LogP contribution in [0.3, 0.4) is 0 Å². The Kier molecular flexibility index (Phi) is 6.26. The van der Waals surface area contributed by atoms with E-state index in [1.807, 2.05) is 24.3 Å². The van der Waals surface area contributed by atoms with Gasteiger partial charge in [-0.3, -0.25) is 9.69 Å².